The zero-order valence-corrected chi connectivity index (χ0v) is 10.4. The van der Waals surface area contributed by atoms with E-state index >= 15 is 0 Å². The molecule has 0 aromatic carbocycles. The van der Waals surface area contributed by atoms with Crippen LogP contribution in [0.3, 0.4) is 0 Å². The van der Waals surface area contributed by atoms with Crippen molar-refractivity contribution in [3.05, 3.63) is 17.6 Å². The van der Waals surface area contributed by atoms with Gasteiger partial charge < -0.3 is 10.4 Å². The van der Waals surface area contributed by atoms with Gasteiger partial charge in [0.05, 0.1) is 12.6 Å². The molecule has 0 spiro atoms. The number of hydrogen-bond acceptors (Lipinski definition) is 5. The molecule has 5 nitrogen and oxygen atoms in total. The van der Waals surface area contributed by atoms with Gasteiger partial charge in [-0.3, -0.25) is 4.90 Å². The lowest BCUT2D eigenvalue weighted by atomic mass is 10.3. The number of aromatic nitrogens is 2. The van der Waals surface area contributed by atoms with Gasteiger partial charge in [-0.1, -0.05) is 0 Å². The Hall–Kier alpha value is -1.20. The lowest BCUT2D eigenvalue weighted by molar-refractivity contribution is 0.137. The van der Waals surface area contributed by atoms with E-state index in [4.69, 9.17) is 0 Å². The molecule has 0 saturated carbocycles. The first-order valence-electron chi connectivity index (χ1n) is 5.40. The van der Waals surface area contributed by atoms with Crippen molar-refractivity contribution in [1.29, 1.82) is 0 Å². The predicted molar refractivity (Wildman–Crippen MR) is 64.3 cm³/mol. The smallest absolute Gasteiger partial charge is 0.144 e. The summed E-state index contributed by atoms with van der Waals surface area (Å²) in [5.41, 5.74) is 0.944. The van der Waals surface area contributed by atoms with Crippen LogP contribution >= 0.6 is 0 Å². The first-order valence-corrected chi connectivity index (χ1v) is 5.40. The summed E-state index contributed by atoms with van der Waals surface area (Å²) < 4.78 is 0. The van der Waals surface area contributed by atoms with E-state index in [2.05, 4.69) is 15.3 Å². The highest BCUT2D eigenvalue weighted by Crippen LogP contribution is 2.06. The van der Waals surface area contributed by atoms with E-state index in [0.717, 1.165) is 17.3 Å². The van der Waals surface area contributed by atoms with Crippen molar-refractivity contribution in [2.24, 2.45) is 0 Å². The number of likely N-dealkylation sites (N-methyl/N-ethyl adjacent to an activating group) is 1. The number of aryl methyl sites for hydroxylation is 1. The molecule has 1 heterocycles. The molecule has 0 amide bonds. The maximum Gasteiger partial charge on any atom is 0.144 e. The van der Waals surface area contributed by atoms with Crippen LogP contribution in [0.5, 0.6) is 0 Å². The summed E-state index contributed by atoms with van der Waals surface area (Å²) in [6.45, 7) is 4.97. The molecule has 16 heavy (non-hydrogen) atoms. The van der Waals surface area contributed by atoms with Crippen molar-refractivity contribution in [2.45, 2.75) is 26.5 Å². The van der Waals surface area contributed by atoms with Crippen LogP contribution < -0.4 is 5.32 Å². The predicted octanol–water partition coefficient (Wildman–Crippen LogP) is 0.639. The quantitative estimate of drug-likeness (QED) is 0.768. The molecule has 0 fully saturated rings. The Morgan fingerprint density at radius 2 is 2.19 bits per heavy atom. The van der Waals surface area contributed by atoms with Crippen LogP contribution in [0.25, 0.3) is 0 Å². The third kappa shape index (κ3) is 4.12. The molecule has 2 N–H and O–H groups in total. The number of nitrogens with zero attached hydrogens (tertiary/aromatic N) is 3. The van der Waals surface area contributed by atoms with Crippen LogP contribution in [0.1, 0.15) is 18.4 Å². The molecule has 0 aliphatic rings. The van der Waals surface area contributed by atoms with E-state index in [-0.39, 0.29) is 6.10 Å². The molecular formula is C11H20N4O. The number of anilines is 1. The zero-order chi connectivity index (χ0) is 12.1. The first-order chi connectivity index (χ1) is 7.51. The minimum absolute atomic E-state index is 0.335. The van der Waals surface area contributed by atoms with E-state index in [1.54, 1.807) is 6.92 Å². The second-order valence-electron chi connectivity index (χ2n) is 4.11. The SMILES string of the molecule is CNc1cc(C)nc(CN(C)CC(C)O)n1. The van der Waals surface area contributed by atoms with Crippen LogP contribution in [0.2, 0.25) is 0 Å². The third-order valence-corrected chi connectivity index (χ3v) is 2.14. The molecule has 90 valence electrons. The minimum Gasteiger partial charge on any atom is -0.392 e. The minimum atomic E-state index is -0.335. The Labute approximate surface area is 96.5 Å². The molecule has 1 rings (SSSR count). The van der Waals surface area contributed by atoms with Crippen LogP contribution in [0, 0.1) is 6.92 Å². The maximum atomic E-state index is 9.26. The van der Waals surface area contributed by atoms with Gasteiger partial charge in [-0.2, -0.15) is 0 Å². The summed E-state index contributed by atoms with van der Waals surface area (Å²) >= 11 is 0. The van der Waals surface area contributed by atoms with Gasteiger partial charge in [-0.25, -0.2) is 9.97 Å². The molecule has 1 atom stereocenters. The van der Waals surface area contributed by atoms with Crippen LogP contribution in [-0.4, -0.2) is 46.7 Å². The van der Waals surface area contributed by atoms with Gasteiger partial charge in [0.2, 0.25) is 0 Å². The highest BCUT2D eigenvalue weighted by molar-refractivity contribution is 5.34. The molecule has 0 saturated heterocycles. The average Bonchev–Trinajstić information content (AvgIpc) is 2.14. The lowest BCUT2D eigenvalue weighted by Gasteiger charge is -2.17. The van der Waals surface area contributed by atoms with Crippen molar-refractivity contribution < 1.29 is 5.11 Å². The fourth-order valence-corrected chi connectivity index (χ4v) is 1.59. The number of aliphatic hydroxyl groups excluding tert-OH is 1. The Morgan fingerprint density at radius 3 is 2.75 bits per heavy atom. The fraction of sp³-hybridized carbons (Fsp3) is 0.636. The van der Waals surface area contributed by atoms with Gasteiger partial charge in [0.15, 0.2) is 0 Å². The first kappa shape index (κ1) is 12.9. The monoisotopic (exact) mass is 224 g/mol. The molecule has 0 aliphatic carbocycles. The van der Waals surface area contributed by atoms with Crippen molar-refractivity contribution in [3.8, 4) is 0 Å². The van der Waals surface area contributed by atoms with Crippen molar-refractivity contribution >= 4 is 5.82 Å². The molecule has 0 aliphatic heterocycles. The van der Waals surface area contributed by atoms with Gasteiger partial charge in [0, 0.05) is 25.4 Å². The molecule has 1 aromatic heterocycles. The average molecular weight is 224 g/mol. The molecule has 5 heteroatoms. The third-order valence-electron chi connectivity index (χ3n) is 2.14. The zero-order valence-electron chi connectivity index (χ0n) is 10.4. The highest BCUT2D eigenvalue weighted by atomic mass is 16.3. The summed E-state index contributed by atoms with van der Waals surface area (Å²) in [5, 5.41) is 12.3. The molecular weight excluding hydrogens is 204 g/mol. The Morgan fingerprint density at radius 1 is 1.50 bits per heavy atom. The second-order valence-corrected chi connectivity index (χ2v) is 4.11. The van der Waals surface area contributed by atoms with E-state index in [0.29, 0.717) is 13.1 Å². The van der Waals surface area contributed by atoms with Crippen molar-refractivity contribution in [2.75, 3.05) is 26.0 Å². The van der Waals surface area contributed by atoms with Gasteiger partial charge in [-0.05, 0) is 20.9 Å². The molecule has 1 aromatic rings. The Kier molecular flexibility index (Phi) is 4.64. The van der Waals surface area contributed by atoms with Crippen LogP contribution in [-0.2, 0) is 6.54 Å². The Balaban J connectivity index is 2.69. The number of aliphatic hydroxyl groups is 1. The highest BCUT2D eigenvalue weighted by Gasteiger charge is 2.07. The van der Waals surface area contributed by atoms with E-state index < -0.39 is 0 Å². The molecule has 1 unspecified atom stereocenters. The van der Waals surface area contributed by atoms with Gasteiger partial charge >= 0.3 is 0 Å². The summed E-state index contributed by atoms with van der Waals surface area (Å²) in [4.78, 5) is 10.7. The largest absolute Gasteiger partial charge is 0.392 e. The maximum absolute atomic E-state index is 9.26. The summed E-state index contributed by atoms with van der Waals surface area (Å²) in [6, 6.07) is 1.90. The lowest BCUT2D eigenvalue weighted by Crippen LogP contribution is -2.27. The normalized spacial score (nSPS) is 12.9. The summed E-state index contributed by atoms with van der Waals surface area (Å²) in [5.74, 6) is 1.60. The summed E-state index contributed by atoms with van der Waals surface area (Å²) in [6.07, 6.45) is -0.335. The van der Waals surface area contributed by atoms with Crippen molar-refractivity contribution in [3.63, 3.8) is 0 Å². The topological polar surface area (TPSA) is 61.3 Å². The van der Waals surface area contributed by atoms with Gasteiger partial charge in [0.25, 0.3) is 0 Å². The fourth-order valence-electron chi connectivity index (χ4n) is 1.59. The molecule has 0 radical (unpaired) electrons. The van der Waals surface area contributed by atoms with Crippen LogP contribution in [0.15, 0.2) is 6.07 Å². The van der Waals surface area contributed by atoms with E-state index in [1.807, 2.05) is 32.0 Å². The second kappa shape index (κ2) is 5.77. The summed E-state index contributed by atoms with van der Waals surface area (Å²) in [7, 11) is 3.78. The molecule has 0 bridgehead atoms. The van der Waals surface area contributed by atoms with Crippen molar-refractivity contribution in [1.82, 2.24) is 14.9 Å². The number of hydrogen-bond donors (Lipinski definition) is 2. The van der Waals surface area contributed by atoms with Gasteiger partial charge in [-0.15, -0.1) is 0 Å². The standard InChI is InChI=1S/C11H20N4O/c1-8-5-10(12-3)14-11(13-8)7-15(4)6-9(2)16/h5,9,16H,6-7H2,1-4H3,(H,12,13,14). The number of rotatable bonds is 5. The number of nitrogens with one attached hydrogen (secondary N) is 1. The van der Waals surface area contributed by atoms with Gasteiger partial charge in [0.1, 0.15) is 11.6 Å². The van der Waals surface area contributed by atoms with E-state index in [1.165, 1.54) is 0 Å². The van der Waals surface area contributed by atoms with E-state index in [9.17, 15) is 5.11 Å². The Bertz CT molecular complexity index is 341. The van der Waals surface area contributed by atoms with Crippen LogP contribution in [0.4, 0.5) is 5.82 Å².